The van der Waals surface area contributed by atoms with Crippen molar-refractivity contribution in [1.29, 1.82) is 5.26 Å². The molecule has 0 saturated heterocycles. The third-order valence-corrected chi connectivity index (χ3v) is 4.37. The number of benzene rings is 1. The first-order valence-electron chi connectivity index (χ1n) is 5.76. The van der Waals surface area contributed by atoms with Crippen molar-refractivity contribution in [2.24, 2.45) is 0 Å². The Hall–Kier alpha value is -1.28. The molecule has 0 aliphatic carbocycles. The molecule has 0 saturated carbocycles. The largest absolute Gasteiger partial charge is 0.311 e. The summed E-state index contributed by atoms with van der Waals surface area (Å²) in [5.74, 6) is 1.06. The van der Waals surface area contributed by atoms with Crippen LogP contribution in [-0.4, -0.2) is 12.3 Å². The smallest absolute Gasteiger partial charge is 0.110 e. The van der Waals surface area contributed by atoms with E-state index in [1.165, 1.54) is 9.77 Å². The van der Waals surface area contributed by atoms with E-state index in [-0.39, 0.29) is 0 Å². The molecule has 92 valence electrons. The molecule has 0 aliphatic rings. The fraction of sp³-hybridized carbons (Fsp3) is 0.214. The van der Waals surface area contributed by atoms with Crippen molar-refractivity contribution in [3.05, 3.63) is 52.2 Å². The van der Waals surface area contributed by atoms with E-state index in [0.29, 0.717) is 0 Å². The lowest BCUT2D eigenvalue weighted by Crippen LogP contribution is -2.15. The average Bonchev–Trinajstić information content (AvgIpc) is 2.87. The Morgan fingerprint density at radius 2 is 2.00 bits per heavy atom. The Morgan fingerprint density at radius 3 is 2.72 bits per heavy atom. The molecule has 2 aromatic rings. The first-order chi connectivity index (χ1) is 8.88. The number of nitriles is 1. The van der Waals surface area contributed by atoms with Gasteiger partial charge in [-0.05, 0) is 24.3 Å². The molecule has 0 unspecified atom stereocenters. The second-order valence-corrected chi connectivity index (χ2v) is 6.05. The van der Waals surface area contributed by atoms with Crippen LogP contribution in [0.3, 0.4) is 0 Å². The molecule has 0 fully saturated rings. The summed E-state index contributed by atoms with van der Waals surface area (Å²) < 4.78 is 0. The van der Waals surface area contributed by atoms with Crippen LogP contribution < -0.4 is 5.32 Å². The number of nitrogens with one attached hydrogen (secondary N) is 1. The van der Waals surface area contributed by atoms with E-state index in [2.05, 4.69) is 35.7 Å². The van der Waals surface area contributed by atoms with Crippen molar-refractivity contribution >= 4 is 23.1 Å². The minimum absolute atomic E-state index is 0.783. The van der Waals surface area contributed by atoms with E-state index in [4.69, 9.17) is 5.26 Å². The van der Waals surface area contributed by atoms with Gasteiger partial charge in [0.05, 0.1) is 0 Å². The molecule has 2 nitrogen and oxygen atoms in total. The summed E-state index contributed by atoms with van der Waals surface area (Å²) in [4.78, 5) is 3.31. The number of thioether (sulfide) groups is 1. The predicted octanol–water partition coefficient (Wildman–Crippen LogP) is 3.50. The zero-order valence-electron chi connectivity index (χ0n) is 9.93. The average molecular weight is 274 g/mol. The third kappa shape index (κ3) is 4.19. The predicted molar refractivity (Wildman–Crippen MR) is 77.9 cm³/mol. The summed E-state index contributed by atoms with van der Waals surface area (Å²) in [7, 11) is 0. The summed E-state index contributed by atoms with van der Waals surface area (Å²) in [6, 6.07) is 16.5. The van der Waals surface area contributed by atoms with Gasteiger partial charge < -0.3 is 5.32 Å². The van der Waals surface area contributed by atoms with Crippen LogP contribution >= 0.6 is 23.1 Å². The van der Waals surface area contributed by atoms with E-state index in [1.807, 2.05) is 30.0 Å². The highest BCUT2D eigenvalue weighted by Gasteiger charge is 1.98. The van der Waals surface area contributed by atoms with Crippen LogP contribution in [0, 0.1) is 11.3 Å². The number of hydrogen-bond acceptors (Lipinski definition) is 4. The number of thiophene rings is 1. The fourth-order valence-corrected chi connectivity index (χ4v) is 3.11. The van der Waals surface area contributed by atoms with Crippen LogP contribution in [0.15, 0.2) is 47.4 Å². The van der Waals surface area contributed by atoms with Crippen LogP contribution in [-0.2, 0) is 6.54 Å². The van der Waals surface area contributed by atoms with Gasteiger partial charge >= 0.3 is 0 Å². The first-order valence-corrected chi connectivity index (χ1v) is 7.56. The van der Waals surface area contributed by atoms with Crippen molar-refractivity contribution in [1.82, 2.24) is 5.32 Å². The van der Waals surface area contributed by atoms with Crippen molar-refractivity contribution in [3.8, 4) is 6.07 Å². The van der Waals surface area contributed by atoms with Crippen LogP contribution in [0.4, 0.5) is 0 Å². The van der Waals surface area contributed by atoms with Crippen LogP contribution in [0.2, 0.25) is 0 Å². The monoisotopic (exact) mass is 274 g/mol. The molecule has 0 spiro atoms. The van der Waals surface area contributed by atoms with E-state index >= 15 is 0 Å². The molecule has 1 heterocycles. The van der Waals surface area contributed by atoms with E-state index in [0.717, 1.165) is 23.7 Å². The first kappa shape index (κ1) is 13.2. The molecule has 1 N–H and O–H groups in total. The van der Waals surface area contributed by atoms with Crippen LogP contribution in [0.25, 0.3) is 0 Å². The van der Waals surface area contributed by atoms with Gasteiger partial charge in [0.15, 0.2) is 0 Å². The van der Waals surface area contributed by atoms with E-state index in [9.17, 15) is 0 Å². The highest BCUT2D eigenvalue weighted by molar-refractivity contribution is 7.99. The fourth-order valence-electron chi connectivity index (χ4n) is 1.50. The van der Waals surface area contributed by atoms with E-state index in [1.54, 1.807) is 11.3 Å². The maximum atomic E-state index is 8.72. The Labute approximate surface area is 116 Å². The Kier molecular flexibility index (Phi) is 5.28. The minimum atomic E-state index is 0.783. The summed E-state index contributed by atoms with van der Waals surface area (Å²) in [5, 5.41) is 12.1. The molecule has 0 aliphatic heterocycles. The van der Waals surface area contributed by atoms with Crippen molar-refractivity contribution in [2.75, 3.05) is 12.3 Å². The highest BCUT2D eigenvalue weighted by atomic mass is 32.2. The molecular weight excluding hydrogens is 260 g/mol. The van der Waals surface area contributed by atoms with Gasteiger partial charge in [-0.25, -0.2) is 0 Å². The van der Waals surface area contributed by atoms with Gasteiger partial charge in [-0.1, -0.05) is 18.2 Å². The number of nitrogens with zero attached hydrogens (tertiary/aromatic N) is 1. The molecule has 2 rings (SSSR count). The second-order valence-electron chi connectivity index (χ2n) is 3.72. The normalized spacial score (nSPS) is 10.2. The zero-order chi connectivity index (χ0) is 12.6. The molecule has 0 radical (unpaired) electrons. The van der Waals surface area contributed by atoms with Crippen molar-refractivity contribution < 1.29 is 0 Å². The summed E-state index contributed by atoms with van der Waals surface area (Å²) >= 11 is 3.41. The van der Waals surface area contributed by atoms with Gasteiger partial charge in [-0.2, -0.15) is 5.26 Å². The van der Waals surface area contributed by atoms with Gasteiger partial charge in [0.1, 0.15) is 10.9 Å². The topological polar surface area (TPSA) is 35.8 Å². The molecule has 1 aromatic heterocycles. The second kappa shape index (κ2) is 7.22. The third-order valence-electron chi connectivity index (χ3n) is 2.36. The minimum Gasteiger partial charge on any atom is -0.311 e. The summed E-state index contributed by atoms with van der Waals surface area (Å²) in [6.07, 6.45) is 0. The zero-order valence-corrected chi connectivity index (χ0v) is 11.6. The maximum Gasteiger partial charge on any atom is 0.110 e. The number of rotatable bonds is 6. The maximum absolute atomic E-state index is 8.72. The van der Waals surface area contributed by atoms with E-state index < -0.39 is 0 Å². The molecule has 0 amide bonds. The van der Waals surface area contributed by atoms with Crippen molar-refractivity contribution in [2.45, 2.75) is 11.4 Å². The Bertz CT molecular complexity index is 514. The van der Waals surface area contributed by atoms with Gasteiger partial charge in [-0.15, -0.1) is 23.1 Å². The molecular formula is C14H14N2S2. The standard InChI is InChI=1S/C14H14N2S2/c15-10-13-6-7-14(18-13)11-16-8-9-17-12-4-2-1-3-5-12/h1-7,16H,8-9,11H2. The lowest BCUT2D eigenvalue weighted by Gasteiger charge is -2.03. The van der Waals surface area contributed by atoms with Crippen molar-refractivity contribution in [3.63, 3.8) is 0 Å². The van der Waals surface area contributed by atoms with Crippen LogP contribution in [0.1, 0.15) is 9.75 Å². The molecule has 18 heavy (non-hydrogen) atoms. The molecule has 0 bridgehead atoms. The SMILES string of the molecule is N#Cc1ccc(CNCCSc2ccccc2)s1. The quantitative estimate of drug-likeness (QED) is 0.647. The van der Waals surface area contributed by atoms with Gasteiger partial charge in [-0.3, -0.25) is 0 Å². The van der Waals surface area contributed by atoms with Gasteiger partial charge in [0, 0.05) is 28.6 Å². The number of hydrogen-bond donors (Lipinski definition) is 1. The molecule has 0 atom stereocenters. The van der Waals surface area contributed by atoms with Gasteiger partial charge in [0.2, 0.25) is 0 Å². The Morgan fingerprint density at radius 1 is 1.17 bits per heavy atom. The lowest BCUT2D eigenvalue weighted by atomic mass is 10.4. The van der Waals surface area contributed by atoms with Crippen LogP contribution in [0.5, 0.6) is 0 Å². The molecule has 1 aromatic carbocycles. The summed E-state index contributed by atoms with van der Waals surface area (Å²) in [6.45, 7) is 1.82. The summed E-state index contributed by atoms with van der Waals surface area (Å²) in [5.41, 5.74) is 0. The highest BCUT2D eigenvalue weighted by Crippen LogP contribution is 2.17. The van der Waals surface area contributed by atoms with Gasteiger partial charge in [0.25, 0.3) is 0 Å². The Balaban J connectivity index is 1.63. The lowest BCUT2D eigenvalue weighted by molar-refractivity contribution is 0.741. The molecule has 4 heteroatoms.